The van der Waals surface area contributed by atoms with Crippen LogP contribution in [0.25, 0.3) is 0 Å². The summed E-state index contributed by atoms with van der Waals surface area (Å²) >= 11 is 0. The summed E-state index contributed by atoms with van der Waals surface area (Å²) in [4.78, 5) is 8.69. The van der Waals surface area contributed by atoms with Gasteiger partial charge >= 0.3 is 0 Å². The lowest BCUT2D eigenvalue weighted by molar-refractivity contribution is 0.319. The van der Waals surface area contributed by atoms with E-state index < -0.39 is 0 Å². The second-order valence-electron chi connectivity index (χ2n) is 6.69. The van der Waals surface area contributed by atoms with E-state index >= 15 is 0 Å². The average Bonchev–Trinajstić information content (AvgIpc) is 2.77. The fourth-order valence-electron chi connectivity index (χ4n) is 2.89. The molecule has 0 fully saturated rings. The highest BCUT2D eigenvalue weighted by Gasteiger charge is 2.06. The molecule has 0 bridgehead atoms. The van der Waals surface area contributed by atoms with Crippen LogP contribution in [0.5, 0.6) is 17.4 Å². The lowest BCUT2D eigenvalue weighted by atomic mass is 10.1. The highest BCUT2D eigenvalue weighted by molar-refractivity contribution is 14.0. The SMILES string of the molecule is CCOc1ccccc1Oc1ccc(CNC(=NC)NCc2ccccc2C)cn1.I. The van der Waals surface area contributed by atoms with Crippen LogP contribution < -0.4 is 20.1 Å². The number of aliphatic imine (C=N–C) groups is 1. The highest BCUT2D eigenvalue weighted by atomic mass is 127. The fraction of sp³-hybridized carbons (Fsp3) is 0.250. The van der Waals surface area contributed by atoms with Crippen LogP contribution in [-0.4, -0.2) is 24.6 Å². The Morgan fingerprint density at radius 3 is 2.32 bits per heavy atom. The van der Waals surface area contributed by atoms with Gasteiger partial charge in [0.2, 0.25) is 5.88 Å². The Morgan fingerprint density at radius 1 is 0.935 bits per heavy atom. The number of guanidine groups is 1. The maximum absolute atomic E-state index is 5.87. The van der Waals surface area contributed by atoms with Gasteiger partial charge < -0.3 is 20.1 Å². The summed E-state index contributed by atoms with van der Waals surface area (Å²) in [5.74, 6) is 2.62. The molecule has 0 saturated heterocycles. The van der Waals surface area contributed by atoms with Crippen molar-refractivity contribution in [3.63, 3.8) is 0 Å². The zero-order valence-corrected chi connectivity index (χ0v) is 20.4. The number of nitrogens with one attached hydrogen (secondary N) is 2. The number of nitrogens with zero attached hydrogens (tertiary/aromatic N) is 2. The quantitative estimate of drug-likeness (QED) is 0.241. The molecule has 0 atom stereocenters. The summed E-state index contributed by atoms with van der Waals surface area (Å²) in [5.41, 5.74) is 3.53. The average molecular weight is 532 g/mol. The highest BCUT2D eigenvalue weighted by Crippen LogP contribution is 2.30. The topological polar surface area (TPSA) is 67.8 Å². The lowest BCUT2D eigenvalue weighted by Gasteiger charge is -2.13. The maximum atomic E-state index is 5.87. The minimum absolute atomic E-state index is 0. The molecule has 0 aliphatic carbocycles. The van der Waals surface area contributed by atoms with Crippen LogP contribution in [0.2, 0.25) is 0 Å². The number of halogens is 1. The van der Waals surface area contributed by atoms with Crippen LogP contribution in [0, 0.1) is 6.92 Å². The molecule has 0 aliphatic heterocycles. The van der Waals surface area contributed by atoms with Crippen molar-refractivity contribution in [2.75, 3.05) is 13.7 Å². The van der Waals surface area contributed by atoms with E-state index in [-0.39, 0.29) is 24.0 Å². The van der Waals surface area contributed by atoms with Crippen molar-refractivity contribution in [1.82, 2.24) is 15.6 Å². The number of rotatable bonds is 8. The van der Waals surface area contributed by atoms with Crippen LogP contribution in [0.15, 0.2) is 71.9 Å². The maximum Gasteiger partial charge on any atom is 0.219 e. The molecule has 0 unspecified atom stereocenters. The van der Waals surface area contributed by atoms with Gasteiger partial charge in [-0.1, -0.05) is 42.5 Å². The molecular weight excluding hydrogens is 503 g/mol. The monoisotopic (exact) mass is 532 g/mol. The van der Waals surface area contributed by atoms with Gasteiger partial charge in [0.1, 0.15) is 0 Å². The summed E-state index contributed by atoms with van der Waals surface area (Å²) in [5, 5.41) is 6.65. The van der Waals surface area contributed by atoms with Gasteiger partial charge in [0.05, 0.1) is 6.61 Å². The van der Waals surface area contributed by atoms with Gasteiger partial charge in [0.25, 0.3) is 0 Å². The van der Waals surface area contributed by atoms with E-state index in [1.165, 1.54) is 11.1 Å². The number of aromatic nitrogens is 1. The van der Waals surface area contributed by atoms with Gasteiger partial charge in [-0.2, -0.15) is 0 Å². The minimum Gasteiger partial charge on any atom is -0.490 e. The largest absolute Gasteiger partial charge is 0.490 e. The number of hydrogen-bond acceptors (Lipinski definition) is 4. The van der Waals surface area contributed by atoms with Crippen LogP contribution in [0.3, 0.4) is 0 Å². The van der Waals surface area contributed by atoms with E-state index in [2.05, 4.69) is 39.7 Å². The minimum atomic E-state index is 0. The summed E-state index contributed by atoms with van der Waals surface area (Å²) in [6.07, 6.45) is 1.79. The Labute approximate surface area is 201 Å². The first-order chi connectivity index (χ1) is 14.7. The van der Waals surface area contributed by atoms with Gasteiger partial charge in [-0.15, -0.1) is 24.0 Å². The number of pyridine rings is 1. The number of para-hydroxylation sites is 2. The summed E-state index contributed by atoms with van der Waals surface area (Å²) in [6.45, 7) is 5.96. The van der Waals surface area contributed by atoms with Crippen LogP contribution in [-0.2, 0) is 13.1 Å². The van der Waals surface area contributed by atoms with Crippen molar-refractivity contribution in [1.29, 1.82) is 0 Å². The molecule has 0 spiro atoms. The van der Waals surface area contributed by atoms with Crippen molar-refractivity contribution in [3.8, 4) is 17.4 Å². The van der Waals surface area contributed by atoms with Gasteiger partial charge in [0.15, 0.2) is 17.5 Å². The van der Waals surface area contributed by atoms with Gasteiger partial charge in [-0.05, 0) is 42.7 Å². The number of ether oxygens (including phenoxy) is 2. The van der Waals surface area contributed by atoms with E-state index in [0.29, 0.717) is 30.5 Å². The molecule has 0 saturated carbocycles. The third-order valence-electron chi connectivity index (χ3n) is 4.55. The molecule has 7 heteroatoms. The van der Waals surface area contributed by atoms with Gasteiger partial charge in [-0.3, -0.25) is 4.99 Å². The van der Waals surface area contributed by atoms with Crippen molar-refractivity contribution in [3.05, 3.63) is 83.6 Å². The molecule has 2 N–H and O–H groups in total. The molecular formula is C24H29IN4O2. The molecule has 0 amide bonds. The molecule has 164 valence electrons. The predicted octanol–water partition coefficient (Wildman–Crippen LogP) is 5.06. The fourth-order valence-corrected chi connectivity index (χ4v) is 2.89. The van der Waals surface area contributed by atoms with Gasteiger partial charge in [-0.25, -0.2) is 4.98 Å². The first-order valence-electron chi connectivity index (χ1n) is 10.0. The molecule has 1 heterocycles. The molecule has 2 aromatic carbocycles. The number of aryl methyl sites for hydroxylation is 1. The van der Waals surface area contributed by atoms with Gasteiger partial charge in [0, 0.05) is 32.4 Å². The zero-order chi connectivity index (χ0) is 21.2. The summed E-state index contributed by atoms with van der Waals surface area (Å²) < 4.78 is 11.5. The number of benzene rings is 2. The molecule has 3 aromatic rings. The third-order valence-corrected chi connectivity index (χ3v) is 4.55. The first-order valence-corrected chi connectivity index (χ1v) is 10.0. The smallest absolute Gasteiger partial charge is 0.219 e. The standard InChI is InChI=1S/C24H28N4O2.HI/c1-4-29-21-11-7-8-12-22(21)30-23-14-13-19(15-26-23)16-27-24(25-3)28-17-20-10-6-5-9-18(20)2;/h5-15H,4,16-17H2,1-3H3,(H2,25,27,28);1H. The number of hydrogen-bond donors (Lipinski definition) is 2. The molecule has 3 rings (SSSR count). The summed E-state index contributed by atoms with van der Waals surface area (Å²) in [7, 11) is 1.76. The van der Waals surface area contributed by atoms with E-state index in [4.69, 9.17) is 9.47 Å². The van der Waals surface area contributed by atoms with Crippen molar-refractivity contribution >= 4 is 29.9 Å². The molecule has 0 radical (unpaired) electrons. The predicted molar refractivity (Wildman–Crippen MR) is 136 cm³/mol. The zero-order valence-electron chi connectivity index (χ0n) is 18.1. The Hall–Kier alpha value is -2.81. The van der Waals surface area contributed by atoms with Crippen molar-refractivity contribution < 1.29 is 9.47 Å². The van der Waals surface area contributed by atoms with E-state index in [1.807, 2.05) is 55.5 Å². The van der Waals surface area contributed by atoms with Crippen LogP contribution in [0.1, 0.15) is 23.6 Å². The Balaban J connectivity index is 0.00000341. The van der Waals surface area contributed by atoms with Crippen LogP contribution in [0.4, 0.5) is 0 Å². The second-order valence-corrected chi connectivity index (χ2v) is 6.69. The van der Waals surface area contributed by atoms with E-state index in [1.54, 1.807) is 13.2 Å². The molecule has 0 aliphatic rings. The molecule has 1 aromatic heterocycles. The van der Waals surface area contributed by atoms with Crippen molar-refractivity contribution in [2.24, 2.45) is 4.99 Å². The summed E-state index contributed by atoms with van der Waals surface area (Å²) in [6, 6.07) is 19.7. The lowest BCUT2D eigenvalue weighted by Crippen LogP contribution is -2.36. The second kappa shape index (κ2) is 12.8. The Kier molecular flexibility index (Phi) is 10.1. The normalized spacial score (nSPS) is 10.7. The Bertz CT molecular complexity index is 977. The molecule has 31 heavy (non-hydrogen) atoms. The Morgan fingerprint density at radius 2 is 1.65 bits per heavy atom. The van der Waals surface area contributed by atoms with E-state index in [9.17, 15) is 0 Å². The first kappa shape index (κ1) is 24.5. The third kappa shape index (κ3) is 7.43. The molecule has 6 nitrogen and oxygen atoms in total. The van der Waals surface area contributed by atoms with Crippen molar-refractivity contribution in [2.45, 2.75) is 26.9 Å². The van der Waals surface area contributed by atoms with Crippen LogP contribution >= 0.6 is 24.0 Å². The van der Waals surface area contributed by atoms with E-state index in [0.717, 1.165) is 18.1 Å².